The van der Waals surface area contributed by atoms with Crippen molar-refractivity contribution in [3.05, 3.63) is 82.9 Å². The molecule has 0 fully saturated rings. The van der Waals surface area contributed by atoms with E-state index in [-0.39, 0.29) is 17.4 Å². The topological polar surface area (TPSA) is 49.4 Å². The predicted molar refractivity (Wildman–Crippen MR) is 136 cm³/mol. The summed E-state index contributed by atoms with van der Waals surface area (Å²) in [5, 5.41) is 5.95. The molecule has 5 heteroatoms. The van der Waals surface area contributed by atoms with Crippen LogP contribution in [-0.4, -0.2) is 28.3 Å². The van der Waals surface area contributed by atoms with Crippen LogP contribution in [0, 0.1) is 0 Å². The van der Waals surface area contributed by atoms with Crippen molar-refractivity contribution in [2.24, 2.45) is 0 Å². The van der Waals surface area contributed by atoms with Gasteiger partial charge in [-0.1, -0.05) is 79.2 Å². The molecule has 3 rings (SSSR count). The zero-order valence-corrected chi connectivity index (χ0v) is 20.7. The summed E-state index contributed by atoms with van der Waals surface area (Å²) in [5.74, 6) is -0.200. The van der Waals surface area contributed by atoms with Crippen LogP contribution >= 0.6 is 11.6 Å². The van der Waals surface area contributed by atoms with Crippen LogP contribution in [0.25, 0.3) is 10.8 Å². The zero-order chi connectivity index (χ0) is 24.0. The van der Waals surface area contributed by atoms with Crippen molar-refractivity contribution in [2.75, 3.05) is 0 Å². The fourth-order valence-electron chi connectivity index (χ4n) is 4.08. The van der Waals surface area contributed by atoms with E-state index in [1.165, 1.54) is 0 Å². The van der Waals surface area contributed by atoms with Gasteiger partial charge in [0.2, 0.25) is 11.8 Å². The monoisotopic (exact) mass is 464 g/mol. The first-order chi connectivity index (χ1) is 15.7. The SMILES string of the molecule is CC[C@@H](C(=O)NC(C)(C)C)N(Cc1ccccc1Cl)C(=O)CCc1cccc2ccccc12. The van der Waals surface area contributed by atoms with E-state index in [2.05, 4.69) is 29.6 Å². The summed E-state index contributed by atoms with van der Waals surface area (Å²) in [6.45, 7) is 8.06. The first kappa shape index (κ1) is 24.8. The number of benzene rings is 3. The molecule has 0 aliphatic carbocycles. The van der Waals surface area contributed by atoms with E-state index in [1.807, 2.05) is 70.2 Å². The summed E-state index contributed by atoms with van der Waals surface area (Å²) >= 11 is 6.41. The van der Waals surface area contributed by atoms with Crippen LogP contribution in [0.1, 0.15) is 51.7 Å². The molecule has 0 aromatic heterocycles. The van der Waals surface area contributed by atoms with Crippen LogP contribution in [0.5, 0.6) is 0 Å². The third-order valence-corrected chi connectivity index (χ3v) is 6.04. The van der Waals surface area contributed by atoms with Gasteiger partial charge in [0.15, 0.2) is 0 Å². The molecule has 0 aliphatic rings. The van der Waals surface area contributed by atoms with Gasteiger partial charge < -0.3 is 10.2 Å². The largest absolute Gasteiger partial charge is 0.350 e. The summed E-state index contributed by atoms with van der Waals surface area (Å²) in [7, 11) is 0. The summed E-state index contributed by atoms with van der Waals surface area (Å²) in [6.07, 6.45) is 1.45. The average molecular weight is 465 g/mol. The van der Waals surface area contributed by atoms with E-state index in [4.69, 9.17) is 11.6 Å². The Morgan fingerprint density at radius 3 is 2.27 bits per heavy atom. The van der Waals surface area contributed by atoms with Gasteiger partial charge in [-0.3, -0.25) is 9.59 Å². The van der Waals surface area contributed by atoms with Crippen molar-refractivity contribution >= 4 is 34.2 Å². The third kappa shape index (κ3) is 6.58. The molecule has 4 nitrogen and oxygen atoms in total. The number of hydrogen-bond donors (Lipinski definition) is 1. The summed E-state index contributed by atoms with van der Waals surface area (Å²) in [4.78, 5) is 28.4. The Labute approximate surface area is 201 Å². The van der Waals surface area contributed by atoms with Gasteiger partial charge in [-0.2, -0.15) is 0 Å². The van der Waals surface area contributed by atoms with Crippen LogP contribution in [-0.2, 0) is 22.6 Å². The maximum atomic E-state index is 13.5. The molecule has 0 saturated carbocycles. The van der Waals surface area contributed by atoms with Gasteiger partial charge in [0, 0.05) is 23.5 Å². The smallest absolute Gasteiger partial charge is 0.243 e. The first-order valence-electron chi connectivity index (χ1n) is 11.5. The molecular weight excluding hydrogens is 432 g/mol. The van der Waals surface area contributed by atoms with E-state index >= 15 is 0 Å². The molecule has 1 atom stereocenters. The van der Waals surface area contributed by atoms with Gasteiger partial charge in [-0.25, -0.2) is 0 Å². The second kappa shape index (κ2) is 10.8. The molecule has 3 aromatic rings. The highest BCUT2D eigenvalue weighted by atomic mass is 35.5. The van der Waals surface area contributed by atoms with Gasteiger partial charge >= 0.3 is 0 Å². The Balaban J connectivity index is 1.86. The summed E-state index contributed by atoms with van der Waals surface area (Å²) < 4.78 is 0. The van der Waals surface area contributed by atoms with E-state index < -0.39 is 6.04 Å². The number of halogens is 1. The van der Waals surface area contributed by atoms with Gasteiger partial charge in [0.05, 0.1) is 0 Å². The number of aryl methyl sites for hydroxylation is 1. The van der Waals surface area contributed by atoms with Crippen molar-refractivity contribution in [1.29, 1.82) is 0 Å². The molecule has 0 aliphatic heterocycles. The molecule has 0 saturated heterocycles. The molecular formula is C28H33ClN2O2. The number of carbonyl (C=O) groups is 2. The van der Waals surface area contributed by atoms with Gasteiger partial charge in [0.25, 0.3) is 0 Å². The first-order valence-corrected chi connectivity index (χ1v) is 11.9. The number of fused-ring (bicyclic) bond motifs is 1. The highest BCUT2D eigenvalue weighted by Gasteiger charge is 2.30. The quantitative estimate of drug-likeness (QED) is 0.434. The average Bonchev–Trinajstić information content (AvgIpc) is 2.77. The molecule has 0 spiro atoms. The maximum absolute atomic E-state index is 13.5. The standard InChI is InChI=1S/C28H33ClN2O2/c1-5-25(27(33)30-28(2,3)4)31(19-22-12-7-9-16-24(22)29)26(32)18-17-21-14-10-13-20-11-6-8-15-23(20)21/h6-16,25H,5,17-19H2,1-4H3,(H,30,33)/t25-/m0/s1. The minimum absolute atomic E-state index is 0.0567. The van der Waals surface area contributed by atoms with Crippen molar-refractivity contribution in [2.45, 2.75) is 65.1 Å². The summed E-state index contributed by atoms with van der Waals surface area (Å²) in [5.41, 5.74) is 1.58. The van der Waals surface area contributed by atoms with E-state index in [9.17, 15) is 9.59 Å². The molecule has 33 heavy (non-hydrogen) atoms. The summed E-state index contributed by atoms with van der Waals surface area (Å²) in [6, 6.07) is 21.3. The fraction of sp³-hybridized carbons (Fsp3) is 0.357. The normalized spacial score (nSPS) is 12.4. The minimum atomic E-state index is -0.569. The third-order valence-electron chi connectivity index (χ3n) is 5.67. The Morgan fingerprint density at radius 1 is 0.939 bits per heavy atom. The zero-order valence-electron chi connectivity index (χ0n) is 19.9. The number of rotatable bonds is 8. The van der Waals surface area contributed by atoms with Gasteiger partial charge in [0.1, 0.15) is 6.04 Å². The Morgan fingerprint density at radius 2 is 1.58 bits per heavy atom. The number of nitrogens with one attached hydrogen (secondary N) is 1. The Bertz CT molecular complexity index is 1110. The van der Waals surface area contributed by atoms with E-state index in [1.54, 1.807) is 4.90 Å². The second-order valence-corrected chi connectivity index (χ2v) is 9.82. The molecule has 0 bridgehead atoms. The van der Waals surface area contributed by atoms with Crippen molar-refractivity contribution in [3.63, 3.8) is 0 Å². The van der Waals surface area contributed by atoms with Crippen molar-refractivity contribution < 1.29 is 9.59 Å². The van der Waals surface area contributed by atoms with Crippen LogP contribution in [0.15, 0.2) is 66.7 Å². The van der Waals surface area contributed by atoms with Crippen LogP contribution in [0.2, 0.25) is 5.02 Å². The van der Waals surface area contributed by atoms with Crippen LogP contribution in [0.3, 0.4) is 0 Å². The second-order valence-electron chi connectivity index (χ2n) is 9.41. The number of nitrogens with zero attached hydrogens (tertiary/aromatic N) is 1. The van der Waals surface area contributed by atoms with Crippen LogP contribution < -0.4 is 5.32 Å². The minimum Gasteiger partial charge on any atom is -0.350 e. The molecule has 2 amide bonds. The number of amides is 2. The maximum Gasteiger partial charge on any atom is 0.243 e. The molecule has 0 heterocycles. The molecule has 3 aromatic carbocycles. The molecule has 0 unspecified atom stereocenters. The van der Waals surface area contributed by atoms with Crippen molar-refractivity contribution in [3.8, 4) is 0 Å². The van der Waals surface area contributed by atoms with Crippen LogP contribution in [0.4, 0.5) is 0 Å². The van der Waals surface area contributed by atoms with Gasteiger partial charge in [-0.05, 0) is 61.6 Å². The lowest BCUT2D eigenvalue weighted by Crippen LogP contribution is -2.53. The Hall–Kier alpha value is -2.85. The number of carbonyl (C=O) groups excluding carboxylic acids is 2. The highest BCUT2D eigenvalue weighted by Crippen LogP contribution is 2.23. The lowest BCUT2D eigenvalue weighted by molar-refractivity contribution is -0.142. The van der Waals surface area contributed by atoms with Gasteiger partial charge in [-0.15, -0.1) is 0 Å². The fourth-order valence-corrected chi connectivity index (χ4v) is 4.27. The predicted octanol–water partition coefficient (Wildman–Crippen LogP) is 6.15. The van der Waals surface area contributed by atoms with E-state index in [0.29, 0.717) is 30.8 Å². The molecule has 0 radical (unpaired) electrons. The molecule has 1 N–H and O–H groups in total. The molecule has 174 valence electrons. The lowest BCUT2D eigenvalue weighted by atomic mass is 10.00. The van der Waals surface area contributed by atoms with E-state index in [0.717, 1.165) is 21.9 Å². The highest BCUT2D eigenvalue weighted by molar-refractivity contribution is 6.31. The lowest BCUT2D eigenvalue weighted by Gasteiger charge is -2.33. The van der Waals surface area contributed by atoms with Crippen molar-refractivity contribution in [1.82, 2.24) is 10.2 Å². The number of hydrogen-bond acceptors (Lipinski definition) is 2. The Kier molecular flexibility index (Phi) is 8.15.